The van der Waals surface area contributed by atoms with E-state index in [1.807, 2.05) is 19.9 Å². The highest BCUT2D eigenvalue weighted by molar-refractivity contribution is 6.31. The molecule has 1 heterocycles. The van der Waals surface area contributed by atoms with Gasteiger partial charge in [-0.1, -0.05) is 30.7 Å². The monoisotopic (exact) mass is 400 g/mol. The number of nitrogens with zero attached hydrogens (tertiary/aromatic N) is 1. The first kappa shape index (κ1) is 20.5. The Morgan fingerprint density at radius 1 is 1.29 bits per heavy atom. The van der Waals surface area contributed by atoms with Gasteiger partial charge in [-0.25, -0.2) is 0 Å². The molecule has 1 saturated heterocycles. The molecule has 0 radical (unpaired) electrons. The van der Waals surface area contributed by atoms with Gasteiger partial charge in [-0.15, -0.1) is 0 Å². The summed E-state index contributed by atoms with van der Waals surface area (Å²) in [6, 6.07) is 13.8. The quantitative estimate of drug-likeness (QED) is 0.729. The van der Waals surface area contributed by atoms with Crippen molar-refractivity contribution in [2.24, 2.45) is 5.92 Å². The third kappa shape index (κ3) is 5.41. The molecule has 0 unspecified atom stereocenters. The van der Waals surface area contributed by atoms with Crippen LogP contribution in [0.2, 0.25) is 5.02 Å². The largest absolute Gasteiger partial charge is 0.484 e. The molecule has 0 aromatic heterocycles. The fraction of sp³-hybridized carbons (Fsp3) is 0.435. The lowest BCUT2D eigenvalue weighted by atomic mass is 9.99. The van der Waals surface area contributed by atoms with E-state index in [2.05, 4.69) is 41.4 Å². The number of benzene rings is 2. The smallest absolute Gasteiger partial charge is 0.258 e. The minimum atomic E-state index is -0.144. The van der Waals surface area contributed by atoms with Crippen LogP contribution < -0.4 is 15.0 Å². The SMILES string of the molecule is Cc1cc(OCC(=O)N[C@@H](C)c2ccc(N3CCC[C@@H](C)C3)cc2)ccc1Cl. The van der Waals surface area contributed by atoms with E-state index in [-0.39, 0.29) is 18.6 Å². The second-order valence-corrected chi connectivity index (χ2v) is 8.18. The fourth-order valence-corrected chi connectivity index (χ4v) is 3.74. The first-order valence-electron chi connectivity index (χ1n) is 9.95. The lowest BCUT2D eigenvalue weighted by Gasteiger charge is -2.33. The average molecular weight is 401 g/mol. The summed E-state index contributed by atoms with van der Waals surface area (Å²) < 4.78 is 5.57. The van der Waals surface area contributed by atoms with Gasteiger partial charge in [0.15, 0.2) is 6.61 Å². The van der Waals surface area contributed by atoms with Crippen LogP contribution >= 0.6 is 11.6 Å². The maximum Gasteiger partial charge on any atom is 0.258 e. The van der Waals surface area contributed by atoms with Gasteiger partial charge in [0.1, 0.15) is 5.75 Å². The first-order chi connectivity index (χ1) is 13.4. The molecular formula is C23H29ClN2O2. The van der Waals surface area contributed by atoms with Gasteiger partial charge in [-0.05, 0) is 74.1 Å². The number of aryl methyl sites for hydroxylation is 1. The number of hydrogen-bond donors (Lipinski definition) is 1. The number of ether oxygens (including phenoxy) is 1. The van der Waals surface area contributed by atoms with Gasteiger partial charge in [0.05, 0.1) is 6.04 Å². The van der Waals surface area contributed by atoms with Crippen LogP contribution in [0.1, 0.15) is 43.9 Å². The van der Waals surface area contributed by atoms with E-state index in [1.165, 1.54) is 18.5 Å². The van der Waals surface area contributed by atoms with Gasteiger partial charge in [0, 0.05) is 23.8 Å². The molecule has 1 aliphatic rings. The third-order valence-corrected chi connectivity index (χ3v) is 5.72. The van der Waals surface area contributed by atoms with Crippen LogP contribution in [-0.2, 0) is 4.79 Å². The minimum Gasteiger partial charge on any atom is -0.484 e. The fourth-order valence-electron chi connectivity index (χ4n) is 3.62. The number of rotatable bonds is 6. The van der Waals surface area contributed by atoms with Crippen molar-refractivity contribution < 1.29 is 9.53 Å². The molecule has 1 fully saturated rings. The van der Waals surface area contributed by atoms with Crippen molar-refractivity contribution in [3.63, 3.8) is 0 Å². The Bertz CT molecular complexity index is 807. The van der Waals surface area contributed by atoms with Crippen molar-refractivity contribution in [2.75, 3.05) is 24.6 Å². The van der Waals surface area contributed by atoms with Crippen molar-refractivity contribution in [1.29, 1.82) is 0 Å². The predicted octanol–water partition coefficient (Wildman–Crippen LogP) is 5.14. The maximum atomic E-state index is 12.2. The highest BCUT2D eigenvalue weighted by Crippen LogP contribution is 2.25. The summed E-state index contributed by atoms with van der Waals surface area (Å²) in [5.74, 6) is 1.25. The van der Waals surface area contributed by atoms with E-state index in [4.69, 9.17) is 16.3 Å². The normalized spacial score (nSPS) is 17.9. The number of anilines is 1. The number of amides is 1. The van der Waals surface area contributed by atoms with Gasteiger partial charge >= 0.3 is 0 Å². The molecule has 2 aromatic carbocycles. The molecule has 0 spiro atoms. The highest BCUT2D eigenvalue weighted by Gasteiger charge is 2.17. The van der Waals surface area contributed by atoms with E-state index < -0.39 is 0 Å². The average Bonchev–Trinajstić information content (AvgIpc) is 2.69. The van der Waals surface area contributed by atoms with Gasteiger partial charge in [0.2, 0.25) is 0 Å². The summed E-state index contributed by atoms with van der Waals surface area (Å²) in [5.41, 5.74) is 3.27. The maximum absolute atomic E-state index is 12.2. The van der Waals surface area contributed by atoms with Crippen molar-refractivity contribution >= 4 is 23.2 Å². The number of carbonyl (C=O) groups excluding carboxylic acids is 1. The second-order valence-electron chi connectivity index (χ2n) is 7.77. The van der Waals surface area contributed by atoms with Gasteiger partial charge in [0.25, 0.3) is 5.91 Å². The van der Waals surface area contributed by atoms with Crippen molar-refractivity contribution in [3.8, 4) is 5.75 Å². The third-order valence-electron chi connectivity index (χ3n) is 5.29. The standard InChI is InChI=1S/C23H29ClN2O2/c1-16-5-4-12-26(14-16)20-8-6-19(7-9-20)18(3)25-23(27)15-28-21-10-11-22(24)17(2)13-21/h6-11,13,16,18H,4-5,12,14-15H2,1-3H3,(H,25,27)/t16-,18+/m1/s1. The molecule has 0 aliphatic carbocycles. The first-order valence-corrected chi connectivity index (χ1v) is 10.3. The van der Waals surface area contributed by atoms with E-state index in [1.54, 1.807) is 12.1 Å². The van der Waals surface area contributed by atoms with Crippen LogP contribution in [0, 0.1) is 12.8 Å². The van der Waals surface area contributed by atoms with Crippen LogP contribution in [-0.4, -0.2) is 25.6 Å². The zero-order valence-electron chi connectivity index (χ0n) is 16.9. The van der Waals surface area contributed by atoms with E-state index in [0.29, 0.717) is 10.8 Å². The van der Waals surface area contributed by atoms with E-state index in [0.717, 1.165) is 30.1 Å². The van der Waals surface area contributed by atoms with Crippen LogP contribution in [0.4, 0.5) is 5.69 Å². The number of halogens is 1. The van der Waals surface area contributed by atoms with Crippen LogP contribution in [0.3, 0.4) is 0 Å². The van der Waals surface area contributed by atoms with Crippen molar-refractivity contribution in [1.82, 2.24) is 5.32 Å². The second kappa shape index (κ2) is 9.33. The lowest BCUT2D eigenvalue weighted by Crippen LogP contribution is -2.34. The molecule has 1 aliphatic heterocycles. The number of hydrogen-bond acceptors (Lipinski definition) is 3. The highest BCUT2D eigenvalue weighted by atomic mass is 35.5. The Labute approximate surface area is 172 Å². The Morgan fingerprint density at radius 3 is 2.71 bits per heavy atom. The molecule has 3 rings (SSSR count). The topological polar surface area (TPSA) is 41.6 Å². The summed E-state index contributed by atoms with van der Waals surface area (Å²) in [6.45, 7) is 8.43. The molecular weight excluding hydrogens is 372 g/mol. The van der Waals surface area contributed by atoms with E-state index >= 15 is 0 Å². The lowest BCUT2D eigenvalue weighted by molar-refractivity contribution is -0.123. The number of carbonyl (C=O) groups is 1. The molecule has 2 atom stereocenters. The Balaban J connectivity index is 1.51. The Hall–Kier alpha value is -2.20. The van der Waals surface area contributed by atoms with Gasteiger partial charge < -0.3 is 15.0 Å². The summed E-state index contributed by atoms with van der Waals surface area (Å²) in [7, 11) is 0. The van der Waals surface area contributed by atoms with Crippen LogP contribution in [0.5, 0.6) is 5.75 Å². The zero-order chi connectivity index (χ0) is 20.1. The zero-order valence-corrected chi connectivity index (χ0v) is 17.6. The van der Waals surface area contributed by atoms with Crippen molar-refractivity contribution in [2.45, 2.75) is 39.7 Å². The summed E-state index contributed by atoms with van der Waals surface area (Å²) >= 11 is 6.01. The Morgan fingerprint density at radius 2 is 2.04 bits per heavy atom. The summed E-state index contributed by atoms with van der Waals surface area (Å²) in [6.07, 6.45) is 2.57. The molecule has 150 valence electrons. The molecule has 5 heteroatoms. The molecule has 28 heavy (non-hydrogen) atoms. The minimum absolute atomic E-state index is 0.0187. The molecule has 4 nitrogen and oxygen atoms in total. The van der Waals surface area contributed by atoms with Crippen LogP contribution in [0.15, 0.2) is 42.5 Å². The molecule has 0 bridgehead atoms. The molecule has 0 saturated carbocycles. The van der Waals surface area contributed by atoms with Gasteiger partial charge in [-0.3, -0.25) is 4.79 Å². The molecule has 2 aromatic rings. The Kier molecular flexibility index (Phi) is 6.84. The molecule has 1 amide bonds. The summed E-state index contributed by atoms with van der Waals surface area (Å²) in [4.78, 5) is 14.7. The van der Waals surface area contributed by atoms with Gasteiger partial charge in [-0.2, -0.15) is 0 Å². The molecule has 1 N–H and O–H groups in total. The number of nitrogens with one attached hydrogen (secondary N) is 1. The van der Waals surface area contributed by atoms with Crippen LogP contribution in [0.25, 0.3) is 0 Å². The van der Waals surface area contributed by atoms with E-state index in [9.17, 15) is 4.79 Å². The predicted molar refractivity (Wildman–Crippen MR) is 115 cm³/mol. The number of piperidine rings is 1. The summed E-state index contributed by atoms with van der Waals surface area (Å²) in [5, 5.41) is 3.68. The van der Waals surface area contributed by atoms with Crippen molar-refractivity contribution in [3.05, 3.63) is 58.6 Å².